The van der Waals surface area contributed by atoms with Gasteiger partial charge >= 0.3 is 0 Å². The molecule has 2 aromatic carbocycles. The molecule has 1 amide bonds. The van der Waals surface area contributed by atoms with Crippen LogP contribution in [0.1, 0.15) is 18.9 Å². The smallest absolute Gasteiger partial charge is 0.265 e. The van der Waals surface area contributed by atoms with Gasteiger partial charge in [0.2, 0.25) is 0 Å². The van der Waals surface area contributed by atoms with Crippen molar-refractivity contribution in [3.8, 4) is 5.75 Å². The molecular weight excluding hydrogens is 269 g/mol. The fourth-order valence-corrected chi connectivity index (χ4v) is 1.95. The average molecular weight is 287 g/mol. The van der Waals surface area contributed by atoms with Gasteiger partial charge in [-0.25, -0.2) is 4.39 Å². The monoisotopic (exact) mass is 287 g/mol. The van der Waals surface area contributed by atoms with Gasteiger partial charge in [-0.05, 0) is 43.2 Å². The van der Waals surface area contributed by atoms with Crippen molar-refractivity contribution in [2.75, 3.05) is 5.32 Å². The number of carbonyl (C=O) groups is 1. The van der Waals surface area contributed by atoms with Gasteiger partial charge < -0.3 is 10.1 Å². The SMILES string of the molecule is CC[C@H](Oc1cccc(C)c1)C(=O)Nc1ccccc1F. The van der Waals surface area contributed by atoms with Crippen molar-refractivity contribution in [1.82, 2.24) is 0 Å². The highest BCUT2D eigenvalue weighted by Gasteiger charge is 2.19. The van der Waals surface area contributed by atoms with Gasteiger partial charge in [0.1, 0.15) is 11.6 Å². The molecule has 0 heterocycles. The van der Waals surface area contributed by atoms with E-state index in [1.54, 1.807) is 18.2 Å². The second kappa shape index (κ2) is 6.88. The van der Waals surface area contributed by atoms with Crippen molar-refractivity contribution in [3.63, 3.8) is 0 Å². The Morgan fingerprint density at radius 1 is 1.24 bits per heavy atom. The maximum absolute atomic E-state index is 13.5. The molecule has 1 atom stereocenters. The molecule has 0 aliphatic rings. The summed E-state index contributed by atoms with van der Waals surface area (Å²) < 4.78 is 19.2. The van der Waals surface area contributed by atoms with E-state index in [1.165, 1.54) is 12.1 Å². The minimum absolute atomic E-state index is 0.161. The van der Waals surface area contributed by atoms with E-state index in [0.29, 0.717) is 12.2 Å². The van der Waals surface area contributed by atoms with Crippen LogP contribution in [0.2, 0.25) is 0 Å². The van der Waals surface area contributed by atoms with Crippen molar-refractivity contribution in [2.45, 2.75) is 26.4 Å². The molecule has 1 N–H and O–H groups in total. The normalized spacial score (nSPS) is 11.8. The Labute approximate surface area is 123 Å². The summed E-state index contributed by atoms with van der Waals surface area (Å²) in [5.74, 6) is -0.189. The first kappa shape index (κ1) is 15.0. The fourth-order valence-electron chi connectivity index (χ4n) is 1.95. The first-order valence-electron chi connectivity index (χ1n) is 6.89. The summed E-state index contributed by atoms with van der Waals surface area (Å²) in [6.07, 6.45) is -0.166. The van der Waals surface area contributed by atoms with Gasteiger partial charge in [0.25, 0.3) is 5.91 Å². The van der Waals surface area contributed by atoms with E-state index in [4.69, 9.17) is 4.74 Å². The molecule has 0 fully saturated rings. The second-order valence-corrected chi connectivity index (χ2v) is 4.80. The molecule has 4 heteroatoms. The molecule has 0 aromatic heterocycles. The lowest BCUT2D eigenvalue weighted by Gasteiger charge is -2.17. The van der Waals surface area contributed by atoms with E-state index in [-0.39, 0.29) is 11.6 Å². The standard InChI is InChI=1S/C17H18FNO2/c1-3-16(21-13-8-6-7-12(2)11-13)17(20)19-15-10-5-4-9-14(15)18/h4-11,16H,3H2,1-2H3,(H,19,20)/t16-/m0/s1. The molecule has 110 valence electrons. The zero-order valence-corrected chi connectivity index (χ0v) is 12.1. The van der Waals surface area contributed by atoms with E-state index in [2.05, 4.69) is 5.32 Å². The topological polar surface area (TPSA) is 38.3 Å². The van der Waals surface area contributed by atoms with Crippen molar-refractivity contribution in [1.29, 1.82) is 0 Å². The molecule has 2 rings (SSSR count). The summed E-state index contributed by atoms with van der Waals surface area (Å²) in [6, 6.07) is 13.5. The summed E-state index contributed by atoms with van der Waals surface area (Å²) in [6.45, 7) is 3.80. The Morgan fingerprint density at radius 2 is 2.00 bits per heavy atom. The Hall–Kier alpha value is -2.36. The van der Waals surface area contributed by atoms with Gasteiger partial charge in [-0.1, -0.05) is 31.2 Å². The number of hydrogen-bond acceptors (Lipinski definition) is 2. The number of ether oxygens (including phenoxy) is 1. The van der Waals surface area contributed by atoms with E-state index in [1.807, 2.05) is 32.0 Å². The molecule has 0 aliphatic heterocycles. The average Bonchev–Trinajstić information content (AvgIpc) is 2.47. The van der Waals surface area contributed by atoms with Crippen LogP contribution in [0.3, 0.4) is 0 Å². The number of carbonyl (C=O) groups excluding carboxylic acids is 1. The van der Waals surface area contributed by atoms with E-state index < -0.39 is 11.9 Å². The first-order chi connectivity index (χ1) is 10.1. The molecule has 21 heavy (non-hydrogen) atoms. The van der Waals surface area contributed by atoms with Crippen LogP contribution in [0.15, 0.2) is 48.5 Å². The van der Waals surface area contributed by atoms with Crippen LogP contribution >= 0.6 is 0 Å². The third-order valence-electron chi connectivity index (χ3n) is 3.06. The summed E-state index contributed by atoms with van der Waals surface area (Å²) >= 11 is 0. The Bertz CT molecular complexity index is 628. The largest absolute Gasteiger partial charge is 0.481 e. The van der Waals surface area contributed by atoms with Crippen LogP contribution in [0.25, 0.3) is 0 Å². The first-order valence-corrected chi connectivity index (χ1v) is 6.89. The molecule has 0 bridgehead atoms. The van der Waals surface area contributed by atoms with Crippen molar-refractivity contribution in [2.24, 2.45) is 0 Å². The highest BCUT2D eigenvalue weighted by molar-refractivity contribution is 5.94. The molecular formula is C17H18FNO2. The summed E-state index contributed by atoms with van der Waals surface area (Å²) in [5.41, 5.74) is 1.21. The second-order valence-electron chi connectivity index (χ2n) is 4.80. The number of benzene rings is 2. The molecule has 0 aliphatic carbocycles. The maximum atomic E-state index is 13.5. The number of para-hydroxylation sites is 1. The zero-order valence-electron chi connectivity index (χ0n) is 12.1. The number of amides is 1. The van der Waals surface area contributed by atoms with Crippen molar-refractivity contribution < 1.29 is 13.9 Å². The predicted octanol–water partition coefficient (Wildman–Crippen LogP) is 3.93. The quantitative estimate of drug-likeness (QED) is 0.905. The zero-order chi connectivity index (χ0) is 15.2. The molecule has 0 spiro atoms. The van der Waals surface area contributed by atoms with Crippen LogP contribution in [0, 0.1) is 12.7 Å². The van der Waals surface area contributed by atoms with Crippen LogP contribution in [-0.4, -0.2) is 12.0 Å². The number of halogens is 1. The molecule has 0 unspecified atom stereocenters. The number of anilines is 1. The highest BCUT2D eigenvalue weighted by atomic mass is 19.1. The Balaban J connectivity index is 2.07. The van der Waals surface area contributed by atoms with Crippen LogP contribution in [-0.2, 0) is 4.79 Å². The van der Waals surface area contributed by atoms with Gasteiger partial charge in [-0.15, -0.1) is 0 Å². The van der Waals surface area contributed by atoms with Gasteiger partial charge in [0.05, 0.1) is 5.69 Å². The van der Waals surface area contributed by atoms with Gasteiger partial charge in [-0.3, -0.25) is 4.79 Å². The number of aryl methyl sites for hydroxylation is 1. The minimum Gasteiger partial charge on any atom is -0.481 e. The van der Waals surface area contributed by atoms with Crippen LogP contribution < -0.4 is 10.1 Å². The van der Waals surface area contributed by atoms with Gasteiger partial charge in [-0.2, -0.15) is 0 Å². The minimum atomic E-state index is -0.661. The van der Waals surface area contributed by atoms with E-state index in [0.717, 1.165) is 5.56 Å². The predicted molar refractivity (Wildman–Crippen MR) is 80.9 cm³/mol. The van der Waals surface area contributed by atoms with Crippen LogP contribution in [0.5, 0.6) is 5.75 Å². The highest BCUT2D eigenvalue weighted by Crippen LogP contribution is 2.17. The molecule has 0 radical (unpaired) electrons. The summed E-state index contributed by atoms with van der Waals surface area (Å²) in [5, 5.41) is 2.56. The molecule has 0 saturated carbocycles. The number of nitrogens with one attached hydrogen (secondary N) is 1. The Kier molecular flexibility index (Phi) is 4.93. The summed E-state index contributed by atoms with van der Waals surface area (Å²) in [7, 11) is 0. The van der Waals surface area contributed by atoms with Gasteiger partial charge in [0, 0.05) is 0 Å². The lowest BCUT2D eigenvalue weighted by Crippen LogP contribution is -2.32. The number of hydrogen-bond donors (Lipinski definition) is 1. The lowest BCUT2D eigenvalue weighted by atomic mass is 10.2. The Morgan fingerprint density at radius 3 is 2.67 bits per heavy atom. The maximum Gasteiger partial charge on any atom is 0.265 e. The summed E-state index contributed by atoms with van der Waals surface area (Å²) in [4.78, 5) is 12.2. The van der Waals surface area contributed by atoms with Crippen LogP contribution in [0.4, 0.5) is 10.1 Å². The van der Waals surface area contributed by atoms with Gasteiger partial charge in [0.15, 0.2) is 6.10 Å². The molecule has 0 saturated heterocycles. The lowest BCUT2D eigenvalue weighted by molar-refractivity contribution is -0.122. The van der Waals surface area contributed by atoms with E-state index in [9.17, 15) is 9.18 Å². The third kappa shape index (κ3) is 4.05. The number of rotatable bonds is 5. The molecule has 2 aromatic rings. The molecule has 3 nitrogen and oxygen atoms in total. The van der Waals surface area contributed by atoms with Crippen molar-refractivity contribution >= 4 is 11.6 Å². The van der Waals surface area contributed by atoms with Crippen molar-refractivity contribution in [3.05, 3.63) is 59.9 Å². The third-order valence-corrected chi connectivity index (χ3v) is 3.06. The van der Waals surface area contributed by atoms with E-state index >= 15 is 0 Å². The fraction of sp³-hybridized carbons (Fsp3) is 0.235.